The summed E-state index contributed by atoms with van der Waals surface area (Å²) in [6.45, 7) is 6.58. The quantitative estimate of drug-likeness (QED) is 0.729. The number of nitrogens with zero attached hydrogens (tertiary/aromatic N) is 4. The van der Waals surface area contributed by atoms with Crippen molar-refractivity contribution < 1.29 is 4.74 Å². The number of benzene rings is 1. The number of H-pyrrole nitrogens is 1. The molecule has 1 aliphatic heterocycles. The fraction of sp³-hybridized carbons (Fsp3) is 0.353. The predicted molar refractivity (Wildman–Crippen MR) is 98.9 cm³/mol. The van der Waals surface area contributed by atoms with E-state index in [1.165, 1.54) is 16.0 Å². The minimum Gasteiger partial charge on any atom is -0.378 e. The summed E-state index contributed by atoms with van der Waals surface area (Å²) in [5, 5.41) is 10.3. The van der Waals surface area contributed by atoms with Crippen LogP contribution in [-0.4, -0.2) is 51.8 Å². The largest absolute Gasteiger partial charge is 0.378 e. The van der Waals surface area contributed by atoms with Crippen LogP contribution in [0.4, 0.5) is 0 Å². The van der Waals surface area contributed by atoms with E-state index in [9.17, 15) is 4.79 Å². The molecule has 0 unspecified atom stereocenters. The summed E-state index contributed by atoms with van der Waals surface area (Å²) in [5.41, 5.74) is 2.87. The number of hydrogen-bond acceptors (Lipinski definition) is 6. The van der Waals surface area contributed by atoms with Crippen molar-refractivity contribution in [3.05, 3.63) is 45.9 Å². The molecule has 4 rings (SSSR count). The Morgan fingerprint density at radius 3 is 2.84 bits per heavy atom. The Bertz CT molecular complexity index is 961. The molecule has 25 heavy (non-hydrogen) atoms. The van der Waals surface area contributed by atoms with E-state index < -0.39 is 0 Å². The number of hydrazone groups is 1. The van der Waals surface area contributed by atoms with Gasteiger partial charge in [-0.15, -0.1) is 0 Å². The van der Waals surface area contributed by atoms with Crippen molar-refractivity contribution in [2.45, 2.75) is 13.8 Å². The number of fused-ring (bicyclic) bond motifs is 1. The van der Waals surface area contributed by atoms with Crippen molar-refractivity contribution in [2.75, 3.05) is 26.3 Å². The molecule has 0 radical (unpaired) electrons. The number of thiazole rings is 1. The molecule has 0 atom stereocenters. The Hall–Kier alpha value is -2.45. The standard InChI is InChI=1S/C17H19N5O2S/c1-11(19-21-7-9-24-10-8-21)15-12(2)20-22(16(15)23)17-18-13-5-3-4-6-14(13)25-17/h3-6,20H,7-10H2,1-2H3/b19-11+. The van der Waals surface area contributed by atoms with Gasteiger partial charge >= 0.3 is 0 Å². The molecule has 8 heteroatoms. The molecule has 130 valence electrons. The first kappa shape index (κ1) is 16.0. The van der Waals surface area contributed by atoms with E-state index in [1.54, 1.807) is 0 Å². The maximum Gasteiger partial charge on any atom is 0.282 e. The van der Waals surface area contributed by atoms with Crippen molar-refractivity contribution in [3.63, 3.8) is 0 Å². The van der Waals surface area contributed by atoms with E-state index in [4.69, 9.17) is 4.74 Å². The molecular weight excluding hydrogens is 338 g/mol. The lowest BCUT2D eigenvalue weighted by Gasteiger charge is -2.24. The van der Waals surface area contributed by atoms with Gasteiger partial charge in [0.25, 0.3) is 5.56 Å². The summed E-state index contributed by atoms with van der Waals surface area (Å²) in [5.74, 6) is 0. The number of aromatic nitrogens is 3. The number of para-hydroxylation sites is 1. The monoisotopic (exact) mass is 357 g/mol. The third-order valence-electron chi connectivity index (χ3n) is 4.19. The molecule has 0 saturated carbocycles. The van der Waals surface area contributed by atoms with Gasteiger partial charge in [0.05, 0.1) is 47.8 Å². The van der Waals surface area contributed by atoms with Gasteiger partial charge in [-0.3, -0.25) is 14.9 Å². The second-order valence-corrected chi connectivity index (χ2v) is 6.98. The second kappa shape index (κ2) is 6.45. The normalized spacial score (nSPS) is 15.9. The third kappa shape index (κ3) is 2.98. The Balaban J connectivity index is 1.73. The Labute approximate surface area is 148 Å². The zero-order chi connectivity index (χ0) is 17.4. The Morgan fingerprint density at radius 2 is 2.08 bits per heavy atom. The Morgan fingerprint density at radius 1 is 1.32 bits per heavy atom. The first-order valence-electron chi connectivity index (χ1n) is 8.19. The topological polar surface area (TPSA) is 75.5 Å². The van der Waals surface area contributed by atoms with Crippen molar-refractivity contribution in [3.8, 4) is 5.13 Å². The van der Waals surface area contributed by atoms with Gasteiger partial charge in [-0.25, -0.2) is 4.98 Å². The average molecular weight is 357 g/mol. The number of ether oxygens (including phenoxy) is 1. The summed E-state index contributed by atoms with van der Waals surface area (Å²) < 4.78 is 7.90. The van der Waals surface area contributed by atoms with Crippen LogP contribution < -0.4 is 5.56 Å². The first-order valence-corrected chi connectivity index (χ1v) is 9.01. The maximum atomic E-state index is 12.9. The minimum atomic E-state index is -0.119. The van der Waals surface area contributed by atoms with Gasteiger partial charge in [0.2, 0.25) is 5.13 Å². The number of morpholine rings is 1. The van der Waals surface area contributed by atoms with E-state index in [2.05, 4.69) is 15.2 Å². The summed E-state index contributed by atoms with van der Waals surface area (Å²) in [4.78, 5) is 17.5. The molecule has 2 aromatic heterocycles. The number of nitrogens with one attached hydrogen (secondary N) is 1. The van der Waals surface area contributed by atoms with Crippen LogP contribution in [0.2, 0.25) is 0 Å². The van der Waals surface area contributed by atoms with E-state index in [-0.39, 0.29) is 5.56 Å². The minimum absolute atomic E-state index is 0.119. The van der Waals surface area contributed by atoms with Crippen molar-refractivity contribution in [2.24, 2.45) is 5.10 Å². The van der Waals surface area contributed by atoms with Crippen LogP contribution in [0.15, 0.2) is 34.2 Å². The van der Waals surface area contributed by atoms with Crippen LogP contribution in [0.3, 0.4) is 0 Å². The van der Waals surface area contributed by atoms with E-state index in [1.807, 2.05) is 43.1 Å². The molecular formula is C17H19N5O2S. The SMILES string of the molecule is C/C(=N\N1CCOCC1)c1c(C)[nH]n(-c2nc3ccccc3s2)c1=O. The highest BCUT2D eigenvalue weighted by Gasteiger charge is 2.18. The van der Waals surface area contributed by atoms with Crippen LogP contribution in [0.1, 0.15) is 18.2 Å². The van der Waals surface area contributed by atoms with Crippen molar-refractivity contribution >= 4 is 27.3 Å². The predicted octanol–water partition coefficient (Wildman–Crippen LogP) is 2.14. The number of aromatic amines is 1. The number of aryl methyl sites for hydroxylation is 1. The van der Waals surface area contributed by atoms with Crippen molar-refractivity contribution in [1.29, 1.82) is 0 Å². The highest BCUT2D eigenvalue weighted by Crippen LogP contribution is 2.23. The molecule has 0 spiro atoms. The molecule has 0 bridgehead atoms. The zero-order valence-corrected chi connectivity index (χ0v) is 15.0. The lowest BCUT2D eigenvalue weighted by atomic mass is 10.2. The van der Waals surface area contributed by atoms with Crippen LogP contribution in [0.25, 0.3) is 15.3 Å². The molecule has 1 aliphatic rings. The summed E-state index contributed by atoms with van der Waals surface area (Å²) in [6.07, 6.45) is 0. The lowest BCUT2D eigenvalue weighted by Crippen LogP contribution is -2.33. The average Bonchev–Trinajstić information content (AvgIpc) is 3.16. The fourth-order valence-corrected chi connectivity index (χ4v) is 3.90. The van der Waals surface area contributed by atoms with Crippen LogP contribution >= 0.6 is 11.3 Å². The van der Waals surface area contributed by atoms with Gasteiger partial charge < -0.3 is 4.74 Å². The number of rotatable bonds is 3. The van der Waals surface area contributed by atoms with Gasteiger partial charge in [-0.2, -0.15) is 9.78 Å². The molecule has 1 saturated heterocycles. The zero-order valence-electron chi connectivity index (χ0n) is 14.2. The summed E-state index contributed by atoms with van der Waals surface area (Å²) in [7, 11) is 0. The summed E-state index contributed by atoms with van der Waals surface area (Å²) >= 11 is 1.49. The third-order valence-corrected chi connectivity index (χ3v) is 5.21. The van der Waals surface area contributed by atoms with E-state index >= 15 is 0 Å². The molecule has 3 aromatic rings. The van der Waals surface area contributed by atoms with Crippen LogP contribution in [0, 0.1) is 6.92 Å². The van der Waals surface area contributed by atoms with Crippen LogP contribution in [-0.2, 0) is 4.74 Å². The van der Waals surface area contributed by atoms with Gasteiger partial charge in [0, 0.05) is 5.69 Å². The molecule has 0 amide bonds. The number of hydrogen-bond donors (Lipinski definition) is 1. The molecule has 0 aliphatic carbocycles. The first-order chi connectivity index (χ1) is 12.1. The fourth-order valence-electron chi connectivity index (χ4n) is 2.98. The maximum absolute atomic E-state index is 12.9. The van der Waals surface area contributed by atoms with E-state index in [0.29, 0.717) is 29.6 Å². The van der Waals surface area contributed by atoms with Crippen molar-refractivity contribution in [1.82, 2.24) is 19.8 Å². The van der Waals surface area contributed by atoms with Gasteiger partial charge in [0.15, 0.2) is 0 Å². The lowest BCUT2D eigenvalue weighted by molar-refractivity contribution is 0.0393. The van der Waals surface area contributed by atoms with Crippen LogP contribution in [0.5, 0.6) is 0 Å². The van der Waals surface area contributed by atoms with E-state index in [0.717, 1.165) is 29.0 Å². The van der Waals surface area contributed by atoms with Gasteiger partial charge in [0.1, 0.15) is 0 Å². The molecule has 1 N–H and O–H groups in total. The Kier molecular flexibility index (Phi) is 4.14. The summed E-state index contributed by atoms with van der Waals surface area (Å²) in [6, 6.07) is 7.86. The highest BCUT2D eigenvalue weighted by atomic mass is 32.1. The highest BCUT2D eigenvalue weighted by molar-refractivity contribution is 7.20. The molecule has 7 nitrogen and oxygen atoms in total. The van der Waals surface area contributed by atoms with Gasteiger partial charge in [-0.1, -0.05) is 23.5 Å². The molecule has 1 fully saturated rings. The second-order valence-electron chi connectivity index (χ2n) is 5.97. The molecule has 3 heterocycles. The molecule has 1 aromatic carbocycles. The van der Waals surface area contributed by atoms with Gasteiger partial charge in [-0.05, 0) is 26.0 Å². The smallest absolute Gasteiger partial charge is 0.282 e.